The summed E-state index contributed by atoms with van der Waals surface area (Å²) in [4.78, 5) is 22.0. The number of hydrogen-bond donors (Lipinski definition) is 0. The van der Waals surface area contributed by atoms with Gasteiger partial charge in [-0.3, -0.25) is 14.9 Å². The molecule has 0 N–H and O–H groups in total. The van der Waals surface area contributed by atoms with Crippen molar-refractivity contribution < 1.29 is 9.72 Å². The maximum Gasteiger partial charge on any atom is 0.269 e. The van der Waals surface area contributed by atoms with Gasteiger partial charge < -0.3 is 0 Å². The molecule has 0 heterocycles. The molecule has 0 aliphatic carbocycles. The highest BCUT2D eigenvalue weighted by Gasteiger charge is 2.04. The lowest BCUT2D eigenvalue weighted by Gasteiger charge is -1.97. The van der Waals surface area contributed by atoms with Gasteiger partial charge in [-0.05, 0) is 35.9 Å². The first-order valence-corrected chi connectivity index (χ1v) is 6.07. The summed E-state index contributed by atoms with van der Waals surface area (Å²) < 4.78 is 0. The predicted octanol–water partition coefficient (Wildman–Crippen LogP) is 3.36. The molecule has 0 aliphatic heterocycles. The number of non-ortho nitro benzene ring substituents is 1. The van der Waals surface area contributed by atoms with Crippen LogP contribution in [0.3, 0.4) is 0 Å². The second kappa shape index (κ2) is 6.26. The van der Waals surface area contributed by atoms with Crippen LogP contribution in [0.5, 0.6) is 0 Å². The second-order valence-electron chi connectivity index (χ2n) is 4.24. The molecule has 0 spiro atoms. The maximum atomic E-state index is 12.0. The van der Waals surface area contributed by atoms with Gasteiger partial charge in [-0.25, -0.2) is 0 Å². The standard InChI is InChI=1S/C16H10N2O3/c17-11-13-2-1-3-14(10-13)16(19)9-6-12-4-7-15(8-5-12)18(20)21/h1-10H/b9-6+. The fourth-order valence-corrected chi connectivity index (χ4v) is 1.72. The van der Waals surface area contributed by atoms with E-state index in [1.165, 1.54) is 24.3 Å². The van der Waals surface area contributed by atoms with Gasteiger partial charge in [0.15, 0.2) is 5.78 Å². The molecule has 102 valence electrons. The average molecular weight is 278 g/mol. The van der Waals surface area contributed by atoms with Crippen molar-refractivity contribution in [2.45, 2.75) is 0 Å². The van der Waals surface area contributed by atoms with Crippen molar-refractivity contribution in [3.05, 3.63) is 81.4 Å². The summed E-state index contributed by atoms with van der Waals surface area (Å²) in [7, 11) is 0. The van der Waals surface area contributed by atoms with Crippen LogP contribution in [0.4, 0.5) is 5.69 Å². The van der Waals surface area contributed by atoms with Gasteiger partial charge >= 0.3 is 0 Å². The zero-order valence-electron chi connectivity index (χ0n) is 10.9. The molecular weight excluding hydrogens is 268 g/mol. The molecule has 2 aromatic carbocycles. The lowest BCUT2D eigenvalue weighted by atomic mass is 10.1. The van der Waals surface area contributed by atoms with Crippen molar-refractivity contribution in [1.29, 1.82) is 5.26 Å². The summed E-state index contributed by atoms with van der Waals surface area (Å²) in [5, 5.41) is 19.3. The molecule has 2 rings (SSSR count). The van der Waals surface area contributed by atoms with E-state index in [2.05, 4.69) is 0 Å². The number of carbonyl (C=O) groups is 1. The van der Waals surface area contributed by atoms with E-state index in [1.54, 1.807) is 36.4 Å². The van der Waals surface area contributed by atoms with Gasteiger partial charge in [0, 0.05) is 17.7 Å². The monoisotopic (exact) mass is 278 g/mol. The van der Waals surface area contributed by atoms with Crippen LogP contribution in [0, 0.1) is 21.4 Å². The molecule has 0 saturated carbocycles. The Labute approximate surface area is 120 Å². The Bertz CT molecular complexity index is 756. The number of hydrogen-bond acceptors (Lipinski definition) is 4. The van der Waals surface area contributed by atoms with E-state index in [0.29, 0.717) is 16.7 Å². The van der Waals surface area contributed by atoms with Gasteiger partial charge in [-0.2, -0.15) is 5.26 Å². The van der Waals surface area contributed by atoms with Gasteiger partial charge in [0.25, 0.3) is 5.69 Å². The van der Waals surface area contributed by atoms with E-state index in [-0.39, 0.29) is 11.5 Å². The van der Waals surface area contributed by atoms with Crippen molar-refractivity contribution >= 4 is 17.5 Å². The molecule has 0 amide bonds. The van der Waals surface area contributed by atoms with E-state index in [4.69, 9.17) is 5.26 Å². The molecule has 0 unspecified atom stereocenters. The van der Waals surface area contributed by atoms with E-state index >= 15 is 0 Å². The Hall–Kier alpha value is -3.26. The number of ketones is 1. The van der Waals surface area contributed by atoms with Crippen LogP contribution < -0.4 is 0 Å². The van der Waals surface area contributed by atoms with Crippen molar-refractivity contribution in [2.24, 2.45) is 0 Å². The first-order valence-electron chi connectivity index (χ1n) is 6.07. The van der Waals surface area contributed by atoms with Crippen LogP contribution in [0.2, 0.25) is 0 Å². The minimum absolute atomic E-state index is 0.000183. The van der Waals surface area contributed by atoms with Crippen LogP contribution in [0.25, 0.3) is 6.08 Å². The minimum Gasteiger partial charge on any atom is -0.289 e. The smallest absolute Gasteiger partial charge is 0.269 e. The molecule has 0 bridgehead atoms. The summed E-state index contributed by atoms with van der Waals surface area (Å²) >= 11 is 0. The van der Waals surface area contributed by atoms with Crippen LogP contribution >= 0.6 is 0 Å². The normalized spacial score (nSPS) is 10.2. The maximum absolute atomic E-state index is 12.0. The second-order valence-corrected chi connectivity index (χ2v) is 4.24. The van der Waals surface area contributed by atoms with Crippen molar-refractivity contribution in [3.63, 3.8) is 0 Å². The Balaban J connectivity index is 2.15. The predicted molar refractivity (Wildman–Crippen MR) is 77.6 cm³/mol. The Morgan fingerprint density at radius 2 is 1.90 bits per heavy atom. The summed E-state index contributed by atoms with van der Waals surface area (Å²) in [5.74, 6) is -0.231. The lowest BCUT2D eigenvalue weighted by Crippen LogP contribution is -1.94. The highest BCUT2D eigenvalue weighted by Crippen LogP contribution is 2.13. The zero-order valence-corrected chi connectivity index (χ0v) is 10.9. The third-order valence-electron chi connectivity index (χ3n) is 2.81. The number of rotatable bonds is 4. The molecule has 0 aromatic heterocycles. The number of carbonyl (C=O) groups excluding carboxylic acids is 1. The van der Waals surface area contributed by atoms with Gasteiger partial charge in [-0.15, -0.1) is 0 Å². The van der Waals surface area contributed by atoms with Crippen LogP contribution in [0.15, 0.2) is 54.6 Å². The third kappa shape index (κ3) is 3.61. The number of benzene rings is 2. The number of nitrogens with zero attached hydrogens (tertiary/aromatic N) is 2. The summed E-state index contributed by atoms with van der Waals surface area (Å²) in [6.07, 6.45) is 2.95. The first kappa shape index (κ1) is 14.2. The molecule has 0 aliphatic rings. The molecule has 0 fully saturated rings. The average Bonchev–Trinajstić information content (AvgIpc) is 2.53. The van der Waals surface area contributed by atoms with Gasteiger partial charge in [0.05, 0.1) is 16.6 Å². The molecule has 5 nitrogen and oxygen atoms in total. The highest BCUT2D eigenvalue weighted by atomic mass is 16.6. The molecule has 2 aromatic rings. The van der Waals surface area contributed by atoms with E-state index in [9.17, 15) is 14.9 Å². The topological polar surface area (TPSA) is 84.0 Å². The first-order chi connectivity index (χ1) is 10.1. The van der Waals surface area contributed by atoms with Crippen LogP contribution in [-0.2, 0) is 0 Å². The van der Waals surface area contributed by atoms with Gasteiger partial charge in [-0.1, -0.05) is 18.2 Å². The zero-order chi connectivity index (χ0) is 15.2. The van der Waals surface area contributed by atoms with Gasteiger partial charge in [0.1, 0.15) is 0 Å². The Morgan fingerprint density at radius 1 is 1.19 bits per heavy atom. The third-order valence-corrected chi connectivity index (χ3v) is 2.81. The Morgan fingerprint density at radius 3 is 2.52 bits per heavy atom. The van der Waals surface area contributed by atoms with E-state index < -0.39 is 4.92 Å². The van der Waals surface area contributed by atoms with Crippen molar-refractivity contribution in [1.82, 2.24) is 0 Å². The van der Waals surface area contributed by atoms with Crippen LogP contribution in [-0.4, -0.2) is 10.7 Å². The SMILES string of the molecule is N#Cc1cccc(C(=O)/C=C/c2ccc([N+](=O)[O-])cc2)c1. The van der Waals surface area contributed by atoms with Gasteiger partial charge in [0.2, 0.25) is 0 Å². The molecule has 0 radical (unpaired) electrons. The van der Waals surface area contributed by atoms with E-state index in [0.717, 1.165) is 0 Å². The molecule has 0 atom stereocenters. The van der Waals surface area contributed by atoms with Crippen molar-refractivity contribution in [3.8, 4) is 6.07 Å². The summed E-state index contributed by atoms with van der Waals surface area (Å²) in [6, 6.07) is 14.3. The largest absolute Gasteiger partial charge is 0.289 e. The number of nitro groups is 1. The van der Waals surface area contributed by atoms with Crippen LogP contribution in [0.1, 0.15) is 21.5 Å². The molecule has 0 saturated heterocycles. The number of nitriles is 1. The number of nitro benzene ring substituents is 1. The summed E-state index contributed by atoms with van der Waals surface area (Å²) in [6.45, 7) is 0. The summed E-state index contributed by atoms with van der Waals surface area (Å²) in [5.41, 5.74) is 1.53. The Kier molecular flexibility index (Phi) is 4.22. The minimum atomic E-state index is -0.480. The highest BCUT2D eigenvalue weighted by molar-refractivity contribution is 6.07. The quantitative estimate of drug-likeness (QED) is 0.371. The fourth-order valence-electron chi connectivity index (χ4n) is 1.72. The lowest BCUT2D eigenvalue weighted by molar-refractivity contribution is -0.384. The molecule has 21 heavy (non-hydrogen) atoms. The molecule has 5 heteroatoms. The fraction of sp³-hybridized carbons (Fsp3) is 0. The van der Waals surface area contributed by atoms with Crippen molar-refractivity contribution in [2.75, 3.05) is 0 Å². The number of allylic oxidation sites excluding steroid dienone is 1. The molecular formula is C16H10N2O3. The van der Waals surface area contributed by atoms with E-state index in [1.807, 2.05) is 6.07 Å².